The van der Waals surface area contributed by atoms with Gasteiger partial charge in [-0.3, -0.25) is 4.79 Å². The molecule has 2 heterocycles. The number of hydrogen-bond acceptors (Lipinski definition) is 4. The molecule has 1 amide bonds. The van der Waals surface area contributed by atoms with Gasteiger partial charge < -0.3 is 15.5 Å². The van der Waals surface area contributed by atoms with Crippen LogP contribution in [0.2, 0.25) is 5.15 Å². The number of rotatable bonds is 3. The molecule has 18 heavy (non-hydrogen) atoms. The fourth-order valence-electron chi connectivity index (χ4n) is 1.30. The van der Waals surface area contributed by atoms with Crippen molar-refractivity contribution in [1.82, 2.24) is 4.98 Å². The molecule has 5 nitrogen and oxygen atoms in total. The molecular weight excluding hydrogens is 321 g/mol. The van der Waals surface area contributed by atoms with Gasteiger partial charge in [0.05, 0.1) is 12.2 Å². The lowest BCUT2D eigenvalue weighted by atomic mass is 10.3. The zero-order valence-electron chi connectivity index (χ0n) is 9.11. The average molecular weight is 331 g/mol. The van der Waals surface area contributed by atoms with Crippen molar-refractivity contribution >= 4 is 39.1 Å². The third kappa shape index (κ3) is 2.90. The highest BCUT2D eigenvalue weighted by Crippen LogP contribution is 2.23. The number of aromatic nitrogens is 1. The van der Waals surface area contributed by atoms with Crippen LogP contribution in [0.1, 0.15) is 16.3 Å². The van der Waals surface area contributed by atoms with E-state index in [-0.39, 0.29) is 17.5 Å². The number of pyridine rings is 1. The highest BCUT2D eigenvalue weighted by molar-refractivity contribution is 9.10. The molecule has 0 atom stereocenters. The first-order valence-corrected chi connectivity index (χ1v) is 6.18. The van der Waals surface area contributed by atoms with Crippen LogP contribution in [0.3, 0.4) is 0 Å². The Labute approximate surface area is 116 Å². The summed E-state index contributed by atoms with van der Waals surface area (Å²) in [5, 5.41) is 2.81. The van der Waals surface area contributed by atoms with Gasteiger partial charge in [-0.05, 0) is 34.1 Å². The van der Waals surface area contributed by atoms with Crippen molar-refractivity contribution < 1.29 is 9.21 Å². The Morgan fingerprint density at radius 1 is 1.56 bits per heavy atom. The second-order valence-corrected chi connectivity index (χ2v) is 4.69. The lowest BCUT2D eigenvalue weighted by Gasteiger charge is -2.05. The van der Waals surface area contributed by atoms with Gasteiger partial charge in [0, 0.05) is 10.7 Å². The molecule has 3 N–H and O–H groups in total. The number of carbonyl (C=O) groups is 1. The standard InChI is InChI=1S/C11H9BrClN3O2/c12-6-3-8(10(13)15-5-6)16-11(17)9-2-1-7(4-14)18-9/h1-3,5H,4,14H2,(H,16,17). The minimum Gasteiger partial charge on any atom is -0.455 e. The minimum absolute atomic E-state index is 0.173. The number of hydrogen-bond donors (Lipinski definition) is 2. The van der Waals surface area contributed by atoms with E-state index in [0.29, 0.717) is 15.9 Å². The Hall–Kier alpha value is -1.37. The molecule has 0 spiro atoms. The molecule has 0 aliphatic carbocycles. The van der Waals surface area contributed by atoms with Gasteiger partial charge in [-0.15, -0.1) is 0 Å². The summed E-state index contributed by atoms with van der Waals surface area (Å²) in [7, 11) is 0. The summed E-state index contributed by atoms with van der Waals surface area (Å²) in [5.41, 5.74) is 5.80. The van der Waals surface area contributed by atoms with E-state index in [4.69, 9.17) is 21.8 Å². The lowest BCUT2D eigenvalue weighted by Crippen LogP contribution is -2.11. The summed E-state index contributed by atoms with van der Waals surface area (Å²) in [5.74, 6) is 0.307. The van der Waals surface area contributed by atoms with Crippen LogP contribution >= 0.6 is 27.5 Å². The second kappa shape index (κ2) is 5.51. The zero-order chi connectivity index (χ0) is 13.1. The minimum atomic E-state index is -0.406. The van der Waals surface area contributed by atoms with E-state index in [1.807, 2.05) is 0 Å². The van der Waals surface area contributed by atoms with Crippen molar-refractivity contribution in [2.45, 2.75) is 6.54 Å². The molecule has 2 aromatic heterocycles. The largest absolute Gasteiger partial charge is 0.455 e. The third-order valence-electron chi connectivity index (χ3n) is 2.14. The molecule has 94 valence electrons. The van der Waals surface area contributed by atoms with Crippen molar-refractivity contribution in [1.29, 1.82) is 0 Å². The van der Waals surface area contributed by atoms with Crippen LogP contribution in [0.15, 0.2) is 33.3 Å². The van der Waals surface area contributed by atoms with E-state index < -0.39 is 5.91 Å². The maximum Gasteiger partial charge on any atom is 0.291 e. The van der Waals surface area contributed by atoms with Crippen molar-refractivity contribution in [2.24, 2.45) is 5.73 Å². The summed E-state index contributed by atoms with van der Waals surface area (Å²) in [6.07, 6.45) is 1.54. The van der Waals surface area contributed by atoms with Crippen LogP contribution in [0.4, 0.5) is 5.69 Å². The normalized spacial score (nSPS) is 10.4. The molecular formula is C11H9BrClN3O2. The van der Waals surface area contributed by atoms with Crippen molar-refractivity contribution in [3.63, 3.8) is 0 Å². The number of nitrogens with two attached hydrogens (primary N) is 1. The van der Waals surface area contributed by atoms with Crippen molar-refractivity contribution in [2.75, 3.05) is 5.32 Å². The quantitative estimate of drug-likeness (QED) is 0.848. The van der Waals surface area contributed by atoms with Crippen LogP contribution in [0.5, 0.6) is 0 Å². The van der Waals surface area contributed by atoms with E-state index in [1.165, 1.54) is 6.20 Å². The van der Waals surface area contributed by atoms with Gasteiger partial charge in [0.25, 0.3) is 5.91 Å². The Balaban J connectivity index is 2.18. The molecule has 0 bridgehead atoms. The number of furan rings is 1. The summed E-state index contributed by atoms with van der Waals surface area (Å²) in [4.78, 5) is 15.8. The molecule has 7 heteroatoms. The van der Waals surface area contributed by atoms with Crippen LogP contribution < -0.4 is 11.1 Å². The predicted octanol–water partition coefficient (Wildman–Crippen LogP) is 2.80. The number of anilines is 1. The van der Waals surface area contributed by atoms with Gasteiger partial charge in [-0.2, -0.15) is 0 Å². The van der Waals surface area contributed by atoms with Gasteiger partial charge in [0.2, 0.25) is 0 Å². The summed E-state index contributed by atoms with van der Waals surface area (Å²) in [6.45, 7) is 0.243. The fraction of sp³-hybridized carbons (Fsp3) is 0.0909. The number of amides is 1. The van der Waals surface area contributed by atoms with Gasteiger partial charge in [-0.25, -0.2) is 4.98 Å². The van der Waals surface area contributed by atoms with Crippen LogP contribution in [-0.4, -0.2) is 10.9 Å². The van der Waals surface area contributed by atoms with E-state index in [0.717, 1.165) is 0 Å². The Morgan fingerprint density at radius 2 is 2.33 bits per heavy atom. The second-order valence-electron chi connectivity index (χ2n) is 3.42. The van der Waals surface area contributed by atoms with Crippen LogP contribution in [0.25, 0.3) is 0 Å². The molecule has 2 aromatic rings. The third-order valence-corrected chi connectivity index (χ3v) is 2.88. The van der Waals surface area contributed by atoms with Crippen LogP contribution in [-0.2, 0) is 6.54 Å². The fourth-order valence-corrected chi connectivity index (χ4v) is 1.79. The molecule has 0 saturated heterocycles. The van der Waals surface area contributed by atoms with Crippen LogP contribution in [0, 0.1) is 0 Å². The van der Waals surface area contributed by atoms with E-state index in [2.05, 4.69) is 26.2 Å². The highest BCUT2D eigenvalue weighted by atomic mass is 79.9. The molecule has 2 rings (SSSR count). The summed E-state index contributed by atoms with van der Waals surface area (Å²) >= 11 is 9.11. The average Bonchev–Trinajstić information content (AvgIpc) is 2.82. The SMILES string of the molecule is NCc1ccc(C(=O)Nc2cc(Br)cnc2Cl)o1. The Bertz CT molecular complexity index is 585. The first-order chi connectivity index (χ1) is 8.60. The molecule has 0 fully saturated rings. The molecule has 0 aromatic carbocycles. The molecule has 0 radical (unpaired) electrons. The van der Waals surface area contributed by atoms with Gasteiger partial charge in [0.1, 0.15) is 5.76 Å². The first-order valence-electron chi connectivity index (χ1n) is 5.01. The van der Waals surface area contributed by atoms with Crippen molar-refractivity contribution in [3.8, 4) is 0 Å². The number of carbonyl (C=O) groups excluding carboxylic acids is 1. The summed E-state index contributed by atoms with van der Waals surface area (Å²) < 4.78 is 5.94. The maximum absolute atomic E-state index is 11.9. The smallest absolute Gasteiger partial charge is 0.291 e. The number of nitrogens with one attached hydrogen (secondary N) is 1. The molecule has 0 aliphatic heterocycles. The monoisotopic (exact) mass is 329 g/mol. The maximum atomic E-state index is 11.9. The first kappa shape index (κ1) is 13.1. The molecule has 0 aliphatic rings. The molecule has 0 saturated carbocycles. The van der Waals surface area contributed by atoms with E-state index in [1.54, 1.807) is 18.2 Å². The van der Waals surface area contributed by atoms with Crippen molar-refractivity contribution in [3.05, 3.63) is 45.5 Å². The Morgan fingerprint density at radius 3 is 3.00 bits per heavy atom. The molecule has 0 unspecified atom stereocenters. The Kier molecular flexibility index (Phi) is 4.00. The zero-order valence-corrected chi connectivity index (χ0v) is 11.5. The summed E-state index contributed by atoms with van der Waals surface area (Å²) in [6, 6.07) is 4.85. The lowest BCUT2D eigenvalue weighted by molar-refractivity contribution is 0.0995. The van der Waals surface area contributed by atoms with E-state index in [9.17, 15) is 4.79 Å². The van der Waals surface area contributed by atoms with Gasteiger partial charge in [0.15, 0.2) is 10.9 Å². The topological polar surface area (TPSA) is 81.2 Å². The number of halogens is 2. The van der Waals surface area contributed by atoms with Gasteiger partial charge in [-0.1, -0.05) is 11.6 Å². The van der Waals surface area contributed by atoms with E-state index >= 15 is 0 Å². The van der Waals surface area contributed by atoms with Gasteiger partial charge >= 0.3 is 0 Å². The highest BCUT2D eigenvalue weighted by Gasteiger charge is 2.13. The predicted molar refractivity (Wildman–Crippen MR) is 71.5 cm³/mol. The number of nitrogens with zero attached hydrogens (tertiary/aromatic N) is 1.